The van der Waals surface area contributed by atoms with Crippen molar-refractivity contribution in [2.75, 3.05) is 25.5 Å². The number of allylic oxidation sites excluding steroid dienone is 1. The number of para-hydroxylation sites is 1. The van der Waals surface area contributed by atoms with Crippen molar-refractivity contribution in [3.05, 3.63) is 41.5 Å². The zero-order chi connectivity index (χ0) is 16.5. The molecule has 1 aromatic rings. The van der Waals surface area contributed by atoms with E-state index in [4.69, 9.17) is 4.74 Å². The molecule has 0 amide bonds. The second-order valence-corrected chi connectivity index (χ2v) is 7.70. The van der Waals surface area contributed by atoms with E-state index in [0.717, 1.165) is 25.9 Å². The average molecular weight is 324 g/mol. The minimum atomic E-state index is -0.0925. The molecule has 3 fully saturated rings. The van der Waals surface area contributed by atoms with Crippen LogP contribution in [0, 0.1) is 11.8 Å². The zero-order valence-electron chi connectivity index (χ0n) is 14.3. The summed E-state index contributed by atoms with van der Waals surface area (Å²) >= 11 is 0. The van der Waals surface area contributed by atoms with Crippen LogP contribution < -0.4 is 5.32 Å². The Kier molecular flexibility index (Phi) is 2.94. The Morgan fingerprint density at radius 2 is 2.25 bits per heavy atom. The fourth-order valence-electron chi connectivity index (χ4n) is 6.19. The molecule has 126 valence electrons. The molecule has 2 bridgehead atoms. The zero-order valence-corrected chi connectivity index (χ0v) is 14.3. The van der Waals surface area contributed by atoms with Crippen LogP contribution >= 0.6 is 0 Å². The predicted octanol–water partition coefficient (Wildman–Crippen LogP) is 2.56. The second-order valence-electron chi connectivity index (χ2n) is 7.70. The first-order valence-electron chi connectivity index (χ1n) is 9.03. The van der Waals surface area contributed by atoms with Gasteiger partial charge in [0.1, 0.15) is 0 Å². The summed E-state index contributed by atoms with van der Waals surface area (Å²) in [5.41, 5.74) is 4.10. The Morgan fingerprint density at radius 3 is 3.04 bits per heavy atom. The molecule has 3 heterocycles. The van der Waals surface area contributed by atoms with Gasteiger partial charge in [-0.3, -0.25) is 9.69 Å². The summed E-state index contributed by atoms with van der Waals surface area (Å²) in [5.74, 6) is 0.162. The average Bonchev–Trinajstić information content (AvgIpc) is 3.17. The lowest BCUT2D eigenvalue weighted by atomic mass is 9.55. The van der Waals surface area contributed by atoms with Gasteiger partial charge in [-0.2, -0.15) is 0 Å². The van der Waals surface area contributed by atoms with Gasteiger partial charge in [-0.25, -0.2) is 0 Å². The molecule has 24 heavy (non-hydrogen) atoms. The summed E-state index contributed by atoms with van der Waals surface area (Å²) in [4.78, 5) is 15.4. The number of methoxy groups -OCH3 is 1. The third-order valence-electron chi connectivity index (χ3n) is 7.12. The highest BCUT2D eigenvalue weighted by atomic mass is 16.5. The van der Waals surface area contributed by atoms with E-state index in [1.807, 2.05) is 0 Å². The highest BCUT2D eigenvalue weighted by Crippen LogP contribution is 2.61. The minimum Gasteiger partial charge on any atom is -0.469 e. The number of rotatable bonds is 1. The molecule has 1 aliphatic carbocycles. The van der Waals surface area contributed by atoms with E-state index in [0.29, 0.717) is 12.0 Å². The Hall–Kier alpha value is -1.81. The van der Waals surface area contributed by atoms with E-state index in [1.54, 1.807) is 0 Å². The quantitative estimate of drug-likeness (QED) is 0.637. The molecular weight excluding hydrogens is 300 g/mol. The number of hydrogen-bond donors (Lipinski definition) is 1. The van der Waals surface area contributed by atoms with Crippen LogP contribution in [0.25, 0.3) is 0 Å². The molecule has 2 saturated heterocycles. The lowest BCUT2D eigenvalue weighted by Gasteiger charge is -2.54. The van der Waals surface area contributed by atoms with Gasteiger partial charge in [0, 0.05) is 23.7 Å². The minimum absolute atomic E-state index is 0.0529. The van der Waals surface area contributed by atoms with Gasteiger partial charge in [0.15, 0.2) is 0 Å². The van der Waals surface area contributed by atoms with Crippen molar-refractivity contribution in [1.29, 1.82) is 0 Å². The van der Waals surface area contributed by atoms with Crippen LogP contribution in [0.1, 0.15) is 25.3 Å². The molecule has 0 aromatic heterocycles. The second kappa shape index (κ2) is 4.85. The van der Waals surface area contributed by atoms with Gasteiger partial charge in [-0.1, -0.05) is 29.8 Å². The number of anilines is 1. The van der Waals surface area contributed by atoms with Crippen LogP contribution in [0.15, 0.2) is 35.9 Å². The van der Waals surface area contributed by atoms with Gasteiger partial charge in [0.05, 0.1) is 19.1 Å². The van der Waals surface area contributed by atoms with E-state index in [9.17, 15) is 4.79 Å². The SMILES string of the molecule is C/C=C1\CN2CCC34c5ccccc5N[C@H]3[C@@H](C(=O)OC)[C@H]1C[C@H]24. The summed E-state index contributed by atoms with van der Waals surface area (Å²) in [5, 5.41) is 3.74. The molecule has 4 nitrogen and oxygen atoms in total. The van der Waals surface area contributed by atoms with E-state index >= 15 is 0 Å². The third-order valence-corrected chi connectivity index (χ3v) is 7.12. The molecule has 1 saturated carbocycles. The monoisotopic (exact) mass is 324 g/mol. The van der Waals surface area contributed by atoms with Gasteiger partial charge >= 0.3 is 5.97 Å². The van der Waals surface area contributed by atoms with Crippen molar-refractivity contribution in [1.82, 2.24) is 4.90 Å². The first kappa shape index (κ1) is 14.5. The van der Waals surface area contributed by atoms with Gasteiger partial charge in [0.2, 0.25) is 0 Å². The van der Waals surface area contributed by atoms with Crippen molar-refractivity contribution in [3.63, 3.8) is 0 Å². The maximum atomic E-state index is 12.8. The van der Waals surface area contributed by atoms with Crippen molar-refractivity contribution in [2.45, 2.75) is 37.3 Å². The number of piperidine rings is 1. The van der Waals surface area contributed by atoms with Gasteiger partial charge < -0.3 is 10.1 Å². The predicted molar refractivity (Wildman–Crippen MR) is 92.9 cm³/mol. The summed E-state index contributed by atoms with van der Waals surface area (Å²) in [6.07, 6.45) is 4.43. The number of nitrogens with one attached hydrogen (secondary N) is 1. The van der Waals surface area contributed by atoms with E-state index in [2.05, 4.69) is 47.5 Å². The number of esters is 1. The van der Waals surface area contributed by atoms with Crippen molar-refractivity contribution < 1.29 is 9.53 Å². The fourth-order valence-corrected chi connectivity index (χ4v) is 6.19. The van der Waals surface area contributed by atoms with E-state index in [-0.39, 0.29) is 23.3 Å². The van der Waals surface area contributed by atoms with Crippen LogP contribution in [-0.2, 0) is 14.9 Å². The summed E-state index contributed by atoms with van der Waals surface area (Å²) in [6.45, 7) is 4.24. The molecule has 5 atom stereocenters. The highest BCUT2D eigenvalue weighted by molar-refractivity contribution is 5.78. The van der Waals surface area contributed by atoms with Crippen molar-refractivity contribution >= 4 is 11.7 Å². The standard InChI is InChI=1S/C20H24N2O2/c1-3-12-11-22-9-8-20-14-6-4-5-7-15(14)21-18(20)17(19(23)24-2)13(12)10-16(20)22/h3-7,13,16-18,21H,8-11H2,1-2H3/b12-3+/t13-,16-,17-,18-,20?/m0/s1. The Bertz CT molecular complexity index is 743. The summed E-state index contributed by atoms with van der Waals surface area (Å²) in [7, 11) is 1.53. The number of carbonyl (C=O) groups is 1. The summed E-state index contributed by atoms with van der Waals surface area (Å²) in [6, 6.07) is 9.34. The van der Waals surface area contributed by atoms with Gasteiger partial charge in [-0.05, 0) is 43.9 Å². The van der Waals surface area contributed by atoms with Gasteiger partial charge in [-0.15, -0.1) is 0 Å². The number of hydrogen-bond acceptors (Lipinski definition) is 4. The molecule has 1 aromatic carbocycles. The molecule has 3 aliphatic heterocycles. The number of ether oxygens (including phenoxy) is 1. The van der Waals surface area contributed by atoms with Crippen LogP contribution in [0.3, 0.4) is 0 Å². The Labute approximate surface area is 142 Å². The molecule has 1 unspecified atom stereocenters. The molecule has 4 heteroatoms. The maximum absolute atomic E-state index is 12.8. The van der Waals surface area contributed by atoms with E-state index < -0.39 is 0 Å². The third kappa shape index (κ3) is 1.55. The molecule has 1 N–H and O–H groups in total. The topological polar surface area (TPSA) is 41.6 Å². The first-order chi connectivity index (χ1) is 11.7. The number of benzene rings is 1. The normalized spacial score (nSPS) is 40.8. The van der Waals surface area contributed by atoms with E-state index in [1.165, 1.54) is 23.9 Å². The molecule has 4 aliphatic rings. The van der Waals surface area contributed by atoms with Crippen molar-refractivity contribution in [2.24, 2.45) is 11.8 Å². The number of fused-ring (bicyclic) bond motifs is 2. The van der Waals surface area contributed by atoms with Crippen LogP contribution in [0.2, 0.25) is 0 Å². The highest BCUT2D eigenvalue weighted by Gasteiger charge is 2.66. The lowest BCUT2D eigenvalue weighted by molar-refractivity contribution is -0.151. The lowest BCUT2D eigenvalue weighted by Crippen LogP contribution is -2.63. The smallest absolute Gasteiger partial charge is 0.311 e. The molecule has 1 spiro atoms. The molecular formula is C20H24N2O2. The molecule has 5 rings (SSSR count). The molecule has 0 radical (unpaired) electrons. The Balaban J connectivity index is 1.71. The first-order valence-corrected chi connectivity index (χ1v) is 9.03. The van der Waals surface area contributed by atoms with Crippen LogP contribution in [0.4, 0.5) is 5.69 Å². The maximum Gasteiger partial charge on any atom is 0.311 e. The van der Waals surface area contributed by atoms with Crippen LogP contribution in [-0.4, -0.2) is 43.2 Å². The number of carbonyl (C=O) groups excluding carboxylic acids is 1. The van der Waals surface area contributed by atoms with Crippen LogP contribution in [0.5, 0.6) is 0 Å². The largest absolute Gasteiger partial charge is 0.469 e. The Morgan fingerprint density at radius 1 is 1.42 bits per heavy atom. The summed E-state index contributed by atoms with van der Waals surface area (Å²) < 4.78 is 5.26. The van der Waals surface area contributed by atoms with Gasteiger partial charge in [0.25, 0.3) is 0 Å². The fraction of sp³-hybridized carbons (Fsp3) is 0.550. The number of nitrogens with zero attached hydrogens (tertiary/aromatic N) is 1. The van der Waals surface area contributed by atoms with Crippen molar-refractivity contribution in [3.8, 4) is 0 Å².